The number of ether oxygens (including phenoxy) is 2. The van der Waals surface area contributed by atoms with Crippen molar-refractivity contribution in [2.45, 2.75) is 6.61 Å². The Labute approximate surface area is 220 Å². The van der Waals surface area contributed by atoms with E-state index in [0.29, 0.717) is 37.7 Å². The minimum Gasteiger partial charge on any atom is -0.493 e. The molecule has 1 heterocycles. The van der Waals surface area contributed by atoms with Crippen LogP contribution in [0.15, 0.2) is 65.6 Å². The molecule has 178 valence electrons. The Morgan fingerprint density at radius 1 is 1.11 bits per heavy atom. The fourth-order valence-electron chi connectivity index (χ4n) is 3.28. The van der Waals surface area contributed by atoms with E-state index in [4.69, 9.17) is 44.9 Å². The molecule has 0 aliphatic carbocycles. The SMILES string of the molecule is COc1ccc(/C=C2/SC(=S)N(c3cccc([N+](=O)[O-])c3)C2=O)cc1OCc1ccc(Cl)cc1Cl. The van der Waals surface area contributed by atoms with E-state index in [1.165, 1.54) is 30.2 Å². The average molecular weight is 547 g/mol. The molecule has 1 amide bonds. The van der Waals surface area contributed by atoms with Crippen LogP contribution in [-0.2, 0) is 11.4 Å². The smallest absolute Gasteiger partial charge is 0.271 e. The molecule has 7 nitrogen and oxygen atoms in total. The number of carbonyl (C=O) groups excluding carboxylic acids is 1. The quantitative estimate of drug-likeness (QED) is 0.138. The third kappa shape index (κ3) is 5.59. The first-order valence-corrected chi connectivity index (χ1v) is 12.0. The molecule has 0 bridgehead atoms. The Balaban J connectivity index is 1.58. The van der Waals surface area contributed by atoms with Gasteiger partial charge in [0.05, 0.1) is 22.6 Å². The summed E-state index contributed by atoms with van der Waals surface area (Å²) in [5, 5.41) is 12.1. The molecular weight excluding hydrogens is 531 g/mol. The van der Waals surface area contributed by atoms with E-state index in [2.05, 4.69) is 0 Å². The normalized spacial score (nSPS) is 14.5. The Hall–Kier alpha value is -3.11. The largest absolute Gasteiger partial charge is 0.493 e. The van der Waals surface area contributed by atoms with Gasteiger partial charge in [-0.2, -0.15) is 0 Å². The Morgan fingerprint density at radius 3 is 2.63 bits per heavy atom. The summed E-state index contributed by atoms with van der Waals surface area (Å²) in [5.74, 6) is 0.601. The first-order valence-electron chi connectivity index (χ1n) is 10.0. The van der Waals surface area contributed by atoms with Crippen molar-refractivity contribution in [3.05, 3.63) is 96.9 Å². The van der Waals surface area contributed by atoms with Crippen LogP contribution in [-0.4, -0.2) is 22.3 Å². The number of methoxy groups -OCH3 is 1. The monoisotopic (exact) mass is 546 g/mol. The minimum atomic E-state index is -0.521. The zero-order chi connectivity index (χ0) is 25.1. The molecule has 1 aliphatic rings. The lowest BCUT2D eigenvalue weighted by molar-refractivity contribution is -0.384. The topological polar surface area (TPSA) is 81.9 Å². The number of benzene rings is 3. The maximum Gasteiger partial charge on any atom is 0.271 e. The molecule has 0 spiro atoms. The second-order valence-corrected chi connectivity index (χ2v) is 9.75. The second-order valence-electron chi connectivity index (χ2n) is 7.23. The van der Waals surface area contributed by atoms with Gasteiger partial charge in [-0.3, -0.25) is 19.8 Å². The van der Waals surface area contributed by atoms with Crippen LogP contribution in [0.5, 0.6) is 11.5 Å². The van der Waals surface area contributed by atoms with Gasteiger partial charge in [0.2, 0.25) is 0 Å². The molecule has 0 aromatic heterocycles. The first kappa shape index (κ1) is 25.0. The summed E-state index contributed by atoms with van der Waals surface area (Å²) in [5.41, 5.74) is 1.64. The van der Waals surface area contributed by atoms with Crippen LogP contribution in [0.1, 0.15) is 11.1 Å². The summed E-state index contributed by atoms with van der Waals surface area (Å²) in [6, 6.07) is 16.2. The van der Waals surface area contributed by atoms with Gasteiger partial charge < -0.3 is 9.47 Å². The van der Waals surface area contributed by atoms with Crippen LogP contribution < -0.4 is 14.4 Å². The van der Waals surface area contributed by atoms with E-state index in [1.807, 2.05) is 0 Å². The summed E-state index contributed by atoms with van der Waals surface area (Å²) in [6.07, 6.45) is 1.68. The van der Waals surface area contributed by atoms with Crippen LogP contribution in [0.4, 0.5) is 11.4 Å². The number of amides is 1. The number of carbonyl (C=O) groups is 1. The van der Waals surface area contributed by atoms with Crippen LogP contribution >= 0.6 is 47.2 Å². The third-order valence-corrected chi connectivity index (χ3v) is 6.87. The van der Waals surface area contributed by atoms with E-state index < -0.39 is 4.92 Å². The molecule has 0 atom stereocenters. The van der Waals surface area contributed by atoms with Crippen molar-refractivity contribution in [2.24, 2.45) is 0 Å². The lowest BCUT2D eigenvalue weighted by Crippen LogP contribution is -2.27. The third-order valence-electron chi connectivity index (χ3n) is 4.98. The van der Waals surface area contributed by atoms with Crippen molar-refractivity contribution in [3.8, 4) is 11.5 Å². The zero-order valence-corrected chi connectivity index (χ0v) is 21.2. The van der Waals surface area contributed by atoms with Gasteiger partial charge in [-0.1, -0.05) is 65.4 Å². The predicted octanol–water partition coefficient (Wildman–Crippen LogP) is 6.90. The zero-order valence-electron chi connectivity index (χ0n) is 18.1. The number of nitro benzene ring substituents is 1. The highest BCUT2D eigenvalue weighted by Gasteiger charge is 2.34. The van der Waals surface area contributed by atoms with Crippen molar-refractivity contribution in [1.29, 1.82) is 0 Å². The summed E-state index contributed by atoms with van der Waals surface area (Å²) in [4.78, 5) is 25.3. The number of non-ortho nitro benzene ring substituents is 1. The van der Waals surface area contributed by atoms with Crippen LogP contribution in [0.25, 0.3) is 6.08 Å². The van der Waals surface area contributed by atoms with Gasteiger partial charge in [0.1, 0.15) is 6.61 Å². The van der Waals surface area contributed by atoms with Gasteiger partial charge in [-0.25, -0.2) is 0 Å². The van der Waals surface area contributed by atoms with Crippen molar-refractivity contribution in [1.82, 2.24) is 0 Å². The summed E-state index contributed by atoms with van der Waals surface area (Å²) in [7, 11) is 1.53. The number of rotatable bonds is 7. The fraction of sp³-hybridized carbons (Fsp3) is 0.0833. The highest BCUT2D eigenvalue weighted by molar-refractivity contribution is 8.27. The molecule has 4 rings (SSSR count). The highest BCUT2D eigenvalue weighted by Crippen LogP contribution is 2.38. The Kier molecular flexibility index (Phi) is 7.61. The van der Waals surface area contributed by atoms with Gasteiger partial charge in [-0.05, 0) is 42.0 Å². The van der Waals surface area contributed by atoms with Crippen molar-refractivity contribution >= 4 is 74.9 Å². The number of nitrogens with zero attached hydrogens (tertiary/aromatic N) is 2. The van der Waals surface area contributed by atoms with E-state index >= 15 is 0 Å². The van der Waals surface area contributed by atoms with Gasteiger partial charge in [0.25, 0.3) is 11.6 Å². The molecule has 0 unspecified atom stereocenters. The molecule has 1 fully saturated rings. The fourth-order valence-corrected chi connectivity index (χ4v) is 5.04. The van der Waals surface area contributed by atoms with E-state index in [0.717, 1.165) is 17.3 Å². The maximum atomic E-state index is 13.1. The number of hydrogen-bond acceptors (Lipinski definition) is 7. The van der Waals surface area contributed by atoms with Crippen LogP contribution in [0.3, 0.4) is 0 Å². The molecule has 0 radical (unpaired) electrons. The molecule has 1 saturated heterocycles. The molecule has 3 aromatic carbocycles. The number of hydrogen-bond donors (Lipinski definition) is 0. The van der Waals surface area contributed by atoms with E-state index in [-0.39, 0.29) is 22.5 Å². The van der Waals surface area contributed by atoms with Gasteiger partial charge in [0.15, 0.2) is 15.8 Å². The number of thioether (sulfide) groups is 1. The van der Waals surface area contributed by atoms with Crippen LogP contribution in [0.2, 0.25) is 10.0 Å². The van der Waals surface area contributed by atoms with E-state index in [9.17, 15) is 14.9 Å². The lowest BCUT2D eigenvalue weighted by atomic mass is 10.1. The summed E-state index contributed by atoms with van der Waals surface area (Å²) >= 11 is 18.7. The average Bonchev–Trinajstić information content (AvgIpc) is 3.11. The molecule has 0 N–H and O–H groups in total. The molecule has 35 heavy (non-hydrogen) atoms. The molecule has 3 aromatic rings. The molecular formula is C24H16Cl2N2O5S2. The highest BCUT2D eigenvalue weighted by atomic mass is 35.5. The van der Waals surface area contributed by atoms with Crippen molar-refractivity contribution in [3.63, 3.8) is 0 Å². The van der Waals surface area contributed by atoms with Crippen LogP contribution in [0, 0.1) is 10.1 Å². The number of thiocarbonyl (C=S) groups is 1. The molecule has 1 aliphatic heterocycles. The second kappa shape index (κ2) is 10.7. The van der Waals surface area contributed by atoms with E-state index in [1.54, 1.807) is 48.5 Å². The first-order chi connectivity index (χ1) is 16.8. The Morgan fingerprint density at radius 2 is 1.91 bits per heavy atom. The number of anilines is 1. The maximum absolute atomic E-state index is 13.1. The predicted molar refractivity (Wildman–Crippen MR) is 143 cm³/mol. The Bertz CT molecular complexity index is 1380. The lowest BCUT2D eigenvalue weighted by Gasteiger charge is -2.14. The summed E-state index contributed by atoms with van der Waals surface area (Å²) in [6.45, 7) is 0.185. The number of halogens is 2. The minimum absolute atomic E-state index is 0.127. The molecule has 0 saturated carbocycles. The van der Waals surface area contributed by atoms with Crippen molar-refractivity contribution < 1.29 is 19.2 Å². The number of nitro groups is 1. The molecule has 11 heteroatoms. The van der Waals surface area contributed by atoms with Gasteiger partial charge in [0, 0.05) is 27.7 Å². The van der Waals surface area contributed by atoms with Gasteiger partial charge >= 0.3 is 0 Å². The van der Waals surface area contributed by atoms with Crippen molar-refractivity contribution in [2.75, 3.05) is 12.0 Å². The van der Waals surface area contributed by atoms with Gasteiger partial charge in [-0.15, -0.1) is 0 Å². The summed E-state index contributed by atoms with van der Waals surface area (Å²) < 4.78 is 11.6. The standard InChI is InChI=1S/C24H16Cl2N2O5S2/c1-32-20-8-5-14(9-21(20)33-13-15-6-7-16(25)11-19(15)26)10-22-23(29)27(24(34)35-22)17-3-2-4-18(12-17)28(30)31/h2-12H,13H2,1H3/b22-10+.